The molecular weight excluding hydrogens is 232 g/mol. The number of nitriles is 2. The smallest absolute Gasteiger partial charge is 0.142 e. The van der Waals surface area contributed by atoms with Crippen molar-refractivity contribution < 1.29 is 0 Å². The molecule has 0 radical (unpaired) electrons. The average molecular weight is 246 g/mol. The molecule has 1 atom stereocenters. The zero-order chi connectivity index (χ0) is 13.5. The van der Waals surface area contributed by atoms with Gasteiger partial charge in [0.2, 0.25) is 0 Å². The Hall–Kier alpha value is -2.32. The summed E-state index contributed by atoms with van der Waals surface area (Å²) in [4.78, 5) is 0. The second-order valence-electron chi connectivity index (χ2n) is 5.43. The van der Waals surface area contributed by atoms with E-state index in [-0.39, 0.29) is 5.41 Å². The van der Waals surface area contributed by atoms with Gasteiger partial charge < -0.3 is 0 Å². The molecule has 0 amide bonds. The van der Waals surface area contributed by atoms with Crippen LogP contribution in [0.5, 0.6) is 0 Å². The second kappa shape index (κ2) is 4.11. The lowest BCUT2D eigenvalue weighted by atomic mass is 9.72. The van der Waals surface area contributed by atoms with Crippen LogP contribution in [0.1, 0.15) is 24.5 Å². The molecule has 1 aliphatic rings. The van der Waals surface area contributed by atoms with Gasteiger partial charge in [0.05, 0.1) is 12.1 Å². The maximum absolute atomic E-state index is 9.28. The topological polar surface area (TPSA) is 47.6 Å². The first-order valence-electron chi connectivity index (χ1n) is 6.51. The van der Waals surface area contributed by atoms with Crippen molar-refractivity contribution in [2.75, 3.05) is 0 Å². The summed E-state index contributed by atoms with van der Waals surface area (Å²) < 4.78 is 0. The van der Waals surface area contributed by atoms with Crippen molar-refractivity contribution in [2.24, 2.45) is 5.92 Å². The summed E-state index contributed by atoms with van der Waals surface area (Å²) in [5.41, 5.74) is 2.15. The van der Waals surface area contributed by atoms with Gasteiger partial charge in [0, 0.05) is 5.41 Å². The molecule has 0 bridgehead atoms. The number of fused-ring (bicyclic) bond motifs is 3. The zero-order valence-corrected chi connectivity index (χ0v) is 10.9. The SMILES string of the molecule is CC1(C(C#N)C#N)CCc2ccc3ccccc3c21. The predicted octanol–water partition coefficient (Wildman–Crippen LogP) is 3.71. The van der Waals surface area contributed by atoms with E-state index in [9.17, 15) is 10.5 Å². The van der Waals surface area contributed by atoms with Crippen LogP contribution in [0, 0.1) is 28.6 Å². The Morgan fingerprint density at radius 2 is 1.84 bits per heavy atom. The molecule has 0 saturated heterocycles. The Balaban J connectivity index is 2.33. The number of benzene rings is 2. The highest BCUT2D eigenvalue weighted by Gasteiger charge is 2.42. The monoisotopic (exact) mass is 246 g/mol. The summed E-state index contributed by atoms with van der Waals surface area (Å²) in [6.07, 6.45) is 1.83. The summed E-state index contributed by atoms with van der Waals surface area (Å²) in [5.74, 6) is -0.584. The summed E-state index contributed by atoms with van der Waals surface area (Å²) in [6.45, 7) is 2.06. The van der Waals surface area contributed by atoms with Crippen molar-refractivity contribution in [1.29, 1.82) is 10.5 Å². The molecule has 1 aliphatic carbocycles. The summed E-state index contributed by atoms with van der Waals surface area (Å²) in [6, 6.07) is 16.9. The number of rotatable bonds is 1. The van der Waals surface area contributed by atoms with Gasteiger partial charge in [0.1, 0.15) is 5.92 Å². The van der Waals surface area contributed by atoms with Crippen LogP contribution in [0.15, 0.2) is 36.4 Å². The number of aryl methyl sites for hydroxylation is 1. The van der Waals surface area contributed by atoms with E-state index in [0.717, 1.165) is 12.8 Å². The minimum absolute atomic E-state index is 0.348. The molecule has 2 nitrogen and oxygen atoms in total. The lowest BCUT2D eigenvalue weighted by molar-refractivity contribution is 0.416. The van der Waals surface area contributed by atoms with Crippen molar-refractivity contribution in [3.05, 3.63) is 47.5 Å². The molecule has 92 valence electrons. The Morgan fingerprint density at radius 1 is 1.11 bits per heavy atom. The van der Waals surface area contributed by atoms with E-state index in [1.54, 1.807) is 0 Å². The van der Waals surface area contributed by atoms with Gasteiger partial charge in [-0.15, -0.1) is 0 Å². The molecule has 3 rings (SSSR count). The van der Waals surface area contributed by atoms with E-state index in [2.05, 4.69) is 43.3 Å². The molecule has 0 aliphatic heterocycles. The van der Waals surface area contributed by atoms with Crippen LogP contribution in [0.4, 0.5) is 0 Å². The van der Waals surface area contributed by atoms with Gasteiger partial charge in [0.25, 0.3) is 0 Å². The quantitative estimate of drug-likeness (QED) is 0.770. The number of nitrogens with zero attached hydrogens (tertiary/aromatic N) is 2. The number of hydrogen-bond acceptors (Lipinski definition) is 2. The Bertz CT molecular complexity index is 719. The maximum Gasteiger partial charge on any atom is 0.142 e. The molecule has 19 heavy (non-hydrogen) atoms. The molecular formula is C17H14N2. The van der Waals surface area contributed by atoms with Crippen molar-refractivity contribution in [1.82, 2.24) is 0 Å². The lowest BCUT2D eigenvalue weighted by Crippen LogP contribution is -2.27. The molecule has 2 aromatic rings. The van der Waals surface area contributed by atoms with Crippen LogP contribution >= 0.6 is 0 Å². The fourth-order valence-corrected chi connectivity index (χ4v) is 3.32. The van der Waals surface area contributed by atoms with E-state index < -0.39 is 5.92 Å². The Kier molecular flexibility index (Phi) is 2.54. The molecule has 2 heteroatoms. The molecule has 0 aromatic heterocycles. The van der Waals surface area contributed by atoms with Crippen LogP contribution in [0.25, 0.3) is 10.8 Å². The molecule has 0 spiro atoms. The third kappa shape index (κ3) is 1.54. The Morgan fingerprint density at radius 3 is 2.58 bits per heavy atom. The highest BCUT2D eigenvalue weighted by molar-refractivity contribution is 5.88. The summed E-state index contributed by atoms with van der Waals surface area (Å²) in [7, 11) is 0. The first-order chi connectivity index (χ1) is 9.20. The van der Waals surface area contributed by atoms with Crippen molar-refractivity contribution in [3.8, 4) is 12.1 Å². The van der Waals surface area contributed by atoms with Gasteiger partial charge in [-0.05, 0) is 34.7 Å². The van der Waals surface area contributed by atoms with Gasteiger partial charge >= 0.3 is 0 Å². The van der Waals surface area contributed by atoms with Crippen LogP contribution in [0.2, 0.25) is 0 Å². The van der Waals surface area contributed by atoms with Crippen molar-refractivity contribution in [2.45, 2.75) is 25.2 Å². The minimum atomic E-state index is -0.584. The normalized spacial score (nSPS) is 21.1. The van der Waals surface area contributed by atoms with E-state index >= 15 is 0 Å². The molecule has 0 heterocycles. The zero-order valence-electron chi connectivity index (χ0n) is 10.9. The highest BCUT2D eigenvalue weighted by Crippen LogP contribution is 2.47. The predicted molar refractivity (Wildman–Crippen MR) is 74.3 cm³/mol. The molecule has 2 aromatic carbocycles. The van der Waals surface area contributed by atoms with E-state index in [0.29, 0.717) is 0 Å². The standard InChI is InChI=1S/C17H14N2/c1-17(14(10-18)11-19)9-8-13-7-6-12-4-2-3-5-15(12)16(13)17/h2-7,14H,8-9H2,1H3. The van der Waals surface area contributed by atoms with Gasteiger partial charge in [-0.2, -0.15) is 10.5 Å². The summed E-state index contributed by atoms with van der Waals surface area (Å²) in [5, 5.41) is 20.9. The third-order valence-corrected chi connectivity index (χ3v) is 4.40. The lowest BCUT2D eigenvalue weighted by Gasteiger charge is -2.27. The van der Waals surface area contributed by atoms with Gasteiger partial charge in [-0.25, -0.2) is 0 Å². The summed E-state index contributed by atoms with van der Waals surface area (Å²) >= 11 is 0. The second-order valence-corrected chi connectivity index (χ2v) is 5.43. The van der Waals surface area contributed by atoms with Crippen LogP contribution in [-0.4, -0.2) is 0 Å². The van der Waals surface area contributed by atoms with Crippen LogP contribution in [-0.2, 0) is 11.8 Å². The fourth-order valence-electron chi connectivity index (χ4n) is 3.32. The largest absolute Gasteiger partial charge is 0.197 e. The van der Waals surface area contributed by atoms with E-state index in [1.165, 1.54) is 21.9 Å². The van der Waals surface area contributed by atoms with Gasteiger partial charge in [0.15, 0.2) is 0 Å². The van der Waals surface area contributed by atoms with Crippen LogP contribution < -0.4 is 0 Å². The third-order valence-electron chi connectivity index (χ3n) is 4.40. The molecule has 0 fully saturated rings. The highest BCUT2D eigenvalue weighted by atomic mass is 14.5. The van der Waals surface area contributed by atoms with E-state index in [1.807, 2.05) is 12.1 Å². The molecule has 0 saturated carbocycles. The average Bonchev–Trinajstić information content (AvgIpc) is 2.79. The Labute approximate surface area is 112 Å². The van der Waals surface area contributed by atoms with E-state index in [4.69, 9.17) is 0 Å². The molecule has 0 N–H and O–H groups in total. The first kappa shape index (κ1) is 11.8. The maximum atomic E-state index is 9.28. The van der Waals surface area contributed by atoms with Crippen molar-refractivity contribution in [3.63, 3.8) is 0 Å². The van der Waals surface area contributed by atoms with Gasteiger partial charge in [-0.1, -0.05) is 43.3 Å². The van der Waals surface area contributed by atoms with Crippen molar-refractivity contribution >= 4 is 10.8 Å². The fraction of sp³-hybridized carbons (Fsp3) is 0.294. The number of hydrogen-bond donors (Lipinski definition) is 0. The minimum Gasteiger partial charge on any atom is -0.197 e. The van der Waals surface area contributed by atoms with Crippen LogP contribution in [0.3, 0.4) is 0 Å². The molecule has 1 unspecified atom stereocenters. The van der Waals surface area contributed by atoms with Gasteiger partial charge in [-0.3, -0.25) is 0 Å². The first-order valence-corrected chi connectivity index (χ1v) is 6.51.